The fourth-order valence-electron chi connectivity index (χ4n) is 2.19. The van der Waals surface area contributed by atoms with Gasteiger partial charge in [0.2, 0.25) is 0 Å². The predicted molar refractivity (Wildman–Crippen MR) is 97.1 cm³/mol. The molecule has 7 heteroatoms. The van der Waals surface area contributed by atoms with Crippen LogP contribution in [0.4, 0.5) is 0 Å². The number of rotatable bonds is 7. The number of thiazole rings is 1. The highest BCUT2D eigenvalue weighted by atomic mass is 32.1. The van der Waals surface area contributed by atoms with E-state index in [9.17, 15) is 4.79 Å². The number of carbonyl (C=O) groups is 1. The molecule has 0 atom stereocenters. The number of aromatic nitrogens is 1. The van der Waals surface area contributed by atoms with E-state index in [-0.39, 0.29) is 5.91 Å². The van der Waals surface area contributed by atoms with Gasteiger partial charge in [-0.15, -0.1) is 34.0 Å². The van der Waals surface area contributed by atoms with E-state index < -0.39 is 0 Å². The molecule has 2 N–H and O–H groups in total. The maximum Gasteiger partial charge on any atom is 0.273 e. The van der Waals surface area contributed by atoms with E-state index in [0.29, 0.717) is 31.7 Å². The minimum Gasteiger partial charge on any atom is -0.330 e. The maximum absolute atomic E-state index is 12.9. The minimum absolute atomic E-state index is 0.0219. The van der Waals surface area contributed by atoms with Crippen LogP contribution in [0.2, 0.25) is 0 Å². The molecule has 0 aliphatic carbocycles. The quantitative estimate of drug-likeness (QED) is 0.697. The fraction of sp³-hybridized carbons (Fsp3) is 0.250. The number of carbonyl (C=O) groups excluding carboxylic acids is 1. The summed E-state index contributed by atoms with van der Waals surface area (Å²) < 4.78 is 0. The lowest BCUT2D eigenvalue weighted by Crippen LogP contribution is -2.29. The average Bonchev–Trinajstić information content (AvgIpc) is 3.29. The highest BCUT2D eigenvalue weighted by Gasteiger charge is 2.20. The van der Waals surface area contributed by atoms with Crippen LogP contribution in [0.25, 0.3) is 0 Å². The van der Waals surface area contributed by atoms with Crippen molar-refractivity contribution >= 4 is 39.9 Å². The van der Waals surface area contributed by atoms with Gasteiger partial charge in [-0.2, -0.15) is 0 Å². The molecular weight excluding hydrogens is 346 g/mol. The van der Waals surface area contributed by atoms with Gasteiger partial charge in [0.15, 0.2) is 0 Å². The standard InChI is InChI=1S/C16H17N3OS3/c17-6-5-15-18-14(11-23-15)16(20)19(9-12-3-1-7-21-12)10-13-4-2-8-22-13/h1-4,7-8,11H,5-6,9-10,17H2. The van der Waals surface area contributed by atoms with Crippen LogP contribution < -0.4 is 5.73 Å². The van der Waals surface area contributed by atoms with Crippen LogP contribution in [0, 0.1) is 0 Å². The Balaban J connectivity index is 1.79. The predicted octanol–water partition coefficient (Wildman–Crippen LogP) is 3.61. The van der Waals surface area contributed by atoms with Crippen molar-refractivity contribution in [1.82, 2.24) is 9.88 Å². The lowest BCUT2D eigenvalue weighted by atomic mass is 10.3. The fourth-order valence-corrected chi connectivity index (χ4v) is 4.42. The number of thiophene rings is 2. The van der Waals surface area contributed by atoms with E-state index in [1.165, 1.54) is 21.1 Å². The Morgan fingerprint density at radius 1 is 1.09 bits per heavy atom. The molecule has 1 amide bonds. The van der Waals surface area contributed by atoms with Crippen LogP contribution in [-0.2, 0) is 19.5 Å². The molecule has 0 spiro atoms. The molecule has 4 nitrogen and oxygen atoms in total. The topological polar surface area (TPSA) is 59.2 Å². The molecule has 3 heterocycles. The number of amides is 1. The zero-order valence-electron chi connectivity index (χ0n) is 12.5. The summed E-state index contributed by atoms with van der Waals surface area (Å²) in [5, 5.41) is 6.82. The molecule has 3 rings (SSSR count). The smallest absolute Gasteiger partial charge is 0.273 e. The molecule has 0 saturated carbocycles. The van der Waals surface area contributed by atoms with Gasteiger partial charge in [0.1, 0.15) is 5.69 Å². The van der Waals surface area contributed by atoms with Crippen LogP contribution in [-0.4, -0.2) is 22.3 Å². The first-order valence-corrected chi connectivity index (χ1v) is 9.88. The second-order valence-corrected chi connectivity index (χ2v) is 7.99. The van der Waals surface area contributed by atoms with Crippen molar-refractivity contribution in [2.24, 2.45) is 5.73 Å². The van der Waals surface area contributed by atoms with Crippen LogP contribution in [0.15, 0.2) is 40.4 Å². The highest BCUT2D eigenvalue weighted by Crippen LogP contribution is 2.20. The summed E-state index contributed by atoms with van der Waals surface area (Å²) >= 11 is 4.83. The maximum atomic E-state index is 12.9. The van der Waals surface area contributed by atoms with E-state index in [2.05, 4.69) is 17.1 Å². The lowest BCUT2D eigenvalue weighted by molar-refractivity contribution is 0.0728. The van der Waals surface area contributed by atoms with Crippen LogP contribution in [0.3, 0.4) is 0 Å². The Labute approximate surface area is 147 Å². The van der Waals surface area contributed by atoms with Crippen molar-refractivity contribution in [3.8, 4) is 0 Å². The third-order valence-corrected chi connectivity index (χ3v) is 5.90. The molecule has 3 aromatic rings. The molecule has 0 aromatic carbocycles. The molecule has 0 unspecified atom stereocenters. The van der Waals surface area contributed by atoms with Gasteiger partial charge in [-0.05, 0) is 29.4 Å². The summed E-state index contributed by atoms with van der Waals surface area (Å²) in [6, 6.07) is 8.13. The molecule has 0 aliphatic rings. The molecule has 23 heavy (non-hydrogen) atoms. The van der Waals surface area contributed by atoms with Crippen LogP contribution in [0.5, 0.6) is 0 Å². The summed E-state index contributed by atoms with van der Waals surface area (Å²) in [6.45, 7) is 1.77. The summed E-state index contributed by atoms with van der Waals surface area (Å²) in [5.74, 6) is -0.0219. The highest BCUT2D eigenvalue weighted by molar-refractivity contribution is 7.10. The van der Waals surface area contributed by atoms with Crippen molar-refractivity contribution in [2.75, 3.05) is 6.54 Å². The van der Waals surface area contributed by atoms with Gasteiger partial charge in [-0.1, -0.05) is 12.1 Å². The van der Waals surface area contributed by atoms with Crippen LogP contribution in [0.1, 0.15) is 25.3 Å². The van der Waals surface area contributed by atoms with Gasteiger partial charge in [-0.3, -0.25) is 4.79 Å². The van der Waals surface area contributed by atoms with Crippen molar-refractivity contribution in [3.05, 3.63) is 60.9 Å². The monoisotopic (exact) mass is 363 g/mol. The molecule has 0 radical (unpaired) electrons. The Kier molecular flexibility index (Phi) is 5.56. The molecule has 0 fully saturated rings. The summed E-state index contributed by atoms with van der Waals surface area (Å²) in [4.78, 5) is 21.5. The van der Waals surface area contributed by atoms with Gasteiger partial charge in [-0.25, -0.2) is 4.98 Å². The van der Waals surface area contributed by atoms with Gasteiger partial charge in [0.05, 0.1) is 18.1 Å². The Bertz CT molecular complexity index is 698. The number of hydrogen-bond donors (Lipinski definition) is 1. The van der Waals surface area contributed by atoms with E-state index in [0.717, 1.165) is 5.01 Å². The summed E-state index contributed by atoms with van der Waals surface area (Å²) in [6.07, 6.45) is 0.716. The molecule has 3 aromatic heterocycles. The Hall–Kier alpha value is -1.54. The minimum atomic E-state index is -0.0219. The molecule has 0 bridgehead atoms. The third kappa shape index (κ3) is 4.26. The molecule has 0 aliphatic heterocycles. The van der Waals surface area contributed by atoms with Gasteiger partial charge < -0.3 is 10.6 Å². The van der Waals surface area contributed by atoms with Crippen molar-refractivity contribution in [1.29, 1.82) is 0 Å². The Morgan fingerprint density at radius 2 is 1.74 bits per heavy atom. The lowest BCUT2D eigenvalue weighted by Gasteiger charge is -2.20. The first-order valence-electron chi connectivity index (χ1n) is 7.25. The number of hydrogen-bond acceptors (Lipinski definition) is 6. The number of nitrogens with two attached hydrogens (primary N) is 1. The summed E-state index contributed by atoms with van der Waals surface area (Å²) in [5.41, 5.74) is 6.08. The Morgan fingerprint density at radius 3 is 2.26 bits per heavy atom. The third-order valence-electron chi connectivity index (χ3n) is 3.27. The zero-order valence-corrected chi connectivity index (χ0v) is 14.9. The molecular formula is C16H17N3OS3. The summed E-state index contributed by atoms with van der Waals surface area (Å²) in [7, 11) is 0. The van der Waals surface area contributed by atoms with Gasteiger partial charge in [0.25, 0.3) is 5.91 Å². The van der Waals surface area contributed by atoms with E-state index >= 15 is 0 Å². The second kappa shape index (κ2) is 7.83. The molecule has 120 valence electrons. The largest absolute Gasteiger partial charge is 0.330 e. The second-order valence-electron chi connectivity index (χ2n) is 4.99. The first-order chi connectivity index (χ1) is 11.3. The van der Waals surface area contributed by atoms with Gasteiger partial charge >= 0.3 is 0 Å². The zero-order chi connectivity index (χ0) is 16.1. The normalized spacial score (nSPS) is 10.8. The van der Waals surface area contributed by atoms with E-state index in [1.807, 2.05) is 33.2 Å². The van der Waals surface area contributed by atoms with Gasteiger partial charge in [0, 0.05) is 21.6 Å². The van der Waals surface area contributed by atoms with Crippen LogP contribution >= 0.6 is 34.0 Å². The molecule has 0 saturated heterocycles. The number of nitrogens with zero attached hydrogens (tertiary/aromatic N) is 2. The van der Waals surface area contributed by atoms with Crippen molar-refractivity contribution < 1.29 is 4.79 Å². The van der Waals surface area contributed by atoms with Crippen molar-refractivity contribution in [2.45, 2.75) is 19.5 Å². The van der Waals surface area contributed by atoms with Crippen molar-refractivity contribution in [3.63, 3.8) is 0 Å². The average molecular weight is 364 g/mol. The first kappa shape index (κ1) is 16.3. The SMILES string of the molecule is NCCc1nc(C(=O)N(Cc2cccs2)Cc2cccs2)cs1. The van der Waals surface area contributed by atoms with E-state index in [4.69, 9.17) is 5.73 Å². The van der Waals surface area contributed by atoms with E-state index in [1.54, 1.807) is 22.7 Å².